The Labute approximate surface area is 106 Å². The van der Waals surface area contributed by atoms with Gasteiger partial charge in [0.2, 0.25) is 11.5 Å². The van der Waals surface area contributed by atoms with E-state index < -0.39 is 0 Å². The number of hydrogen-bond donors (Lipinski definition) is 1. The molecule has 1 saturated heterocycles. The Balaban J connectivity index is 1.87. The second kappa shape index (κ2) is 5.82. The molecule has 1 aromatic heterocycles. The van der Waals surface area contributed by atoms with Gasteiger partial charge in [-0.3, -0.25) is 9.59 Å². The predicted octanol–water partition coefficient (Wildman–Crippen LogP) is 0.412. The zero-order chi connectivity index (χ0) is 13.0. The molecule has 0 spiro atoms. The molecule has 1 amide bonds. The first-order valence-corrected chi connectivity index (χ1v) is 6.13. The Morgan fingerprint density at radius 1 is 1.56 bits per heavy atom. The number of nitrogens with zero attached hydrogens (tertiary/aromatic N) is 1. The summed E-state index contributed by atoms with van der Waals surface area (Å²) in [5.74, 6) is 0.526. The number of amides is 1. The quantitative estimate of drug-likeness (QED) is 0.842. The molecule has 0 aliphatic carbocycles. The fraction of sp³-hybridized carbons (Fsp3) is 0.538. The molecule has 5 nitrogen and oxygen atoms in total. The number of nitrogens with one attached hydrogen (secondary N) is 1. The number of ether oxygens (including phenoxy) is 1. The van der Waals surface area contributed by atoms with E-state index in [1.807, 2.05) is 11.0 Å². The highest BCUT2D eigenvalue weighted by Gasteiger charge is 2.25. The van der Waals surface area contributed by atoms with E-state index in [4.69, 9.17) is 4.74 Å². The van der Waals surface area contributed by atoms with Crippen LogP contribution in [0.15, 0.2) is 23.1 Å². The highest BCUT2D eigenvalue weighted by atomic mass is 16.5. The number of carbonyl (C=O) groups is 1. The molecular weight excluding hydrogens is 232 g/mol. The van der Waals surface area contributed by atoms with Gasteiger partial charge in [0.25, 0.3) is 0 Å². The van der Waals surface area contributed by atoms with Crippen LogP contribution in [0.25, 0.3) is 0 Å². The second-order valence-corrected chi connectivity index (χ2v) is 4.69. The third kappa shape index (κ3) is 3.20. The van der Waals surface area contributed by atoms with Crippen LogP contribution in [0.1, 0.15) is 12.0 Å². The molecule has 1 aromatic rings. The third-order valence-corrected chi connectivity index (χ3v) is 3.28. The van der Waals surface area contributed by atoms with Crippen molar-refractivity contribution in [2.45, 2.75) is 12.8 Å². The van der Waals surface area contributed by atoms with E-state index in [9.17, 15) is 9.59 Å². The van der Waals surface area contributed by atoms with Crippen molar-refractivity contribution < 1.29 is 9.53 Å². The maximum atomic E-state index is 11.6. The summed E-state index contributed by atoms with van der Waals surface area (Å²) < 4.78 is 4.85. The third-order valence-electron chi connectivity index (χ3n) is 3.28. The Morgan fingerprint density at radius 2 is 2.39 bits per heavy atom. The van der Waals surface area contributed by atoms with E-state index in [1.54, 1.807) is 6.20 Å². The molecule has 0 radical (unpaired) electrons. The van der Waals surface area contributed by atoms with Gasteiger partial charge in [-0.1, -0.05) is 6.07 Å². The van der Waals surface area contributed by atoms with Gasteiger partial charge in [-0.05, 0) is 24.3 Å². The van der Waals surface area contributed by atoms with Crippen molar-refractivity contribution in [1.29, 1.82) is 0 Å². The van der Waals surface area contributed by atoms with Gasteiger partial charge in [0, 0.05) is 32.5 Å². The minimum atomic E-state index is -0.0814. The van der Waals surface area contributed by atoms with Crippen LogP contribution < -0.4 is 5.56 Å². The van der Waals surface area contributed by atoms with E-state index >= 15 is 0 Å². The first-order valence-electron chi connectivity index (χ1n) is 6.13. The smallest absolute Gasteiger partial charge is 0.248 e. The summed E-state index contributed by atoms with van der Waals surface area (Å²) in [7, 11) is 1.53. The molecule has 2 rings (SSSR count). The normalized spacial score (nSPS) is 19.2. The molecule has 0 bridgehead atoms. The summed E-state index contributed by atoms with van der Waals surface area (Å²) in [5, 5.41) is 0. The van der Waals surface area contributed by atoms with Crippen LogP contribution in [-0.4, -0.2) is 42.6 Å². The van der Waals surface area contributed by atoms with Crippen LogP contribution in [0.5, 0.6) is 0 Å². The highest BCUT2D eigenvalue weighted by Crippen LogP contribution is 2.20. The SMILES string of the molecule is COCC(=O)N1CC[C@H](Cc2ccc(=O)[nH]c2)C1. The summed E-state index contributed by atoms with van der Waals surface area (Å²) in [5.41, 5.74) is 1.03. The molecule has 1 aliphatic rings. The molecular formula is C13H18N2O3. The lowest BCUT2D eigenvalue weighted by Crippen LogP contribution is -2.31. The number of aromatic nitrogens is 1. The summed E-state index contributed by atoms with van der Waals surface area (Å²) in [6, 6.07) is 3.39. The van der Waals surface area contributed by atoms with Crippen molar-refractivity contribution in [3.05, 3.63) is 34.2 Å². The van der Waals surface area contributed by atoms with Gasteiger partial charge in [0.1, 0.15) is 6.61 Å². The number of methoxy groups -OCH3 is 1. The van der Waals surface area contributed by atoms with Crippen LogP contribution in [0.4, 0.5) is 0 Å². The van der Waals surface area contributed by atoms with E-state index in [-0.39, 0.29) is 18.1 Å². The number of pyridine rings is 1. The molecule has 1 atom stereocenters. The second-order valence-electron chi connectivity index (χ2n) is 4.69. The van der Waals surface area contributed by atoms with Gasteiger partial charge in [-0.15, -0.1) is 0 Å². The Bertz CT molecular complexity index is 449. The van der Waals surface area contributed by atoms with Crippen molar-refractivity contribution in [3.8, 4) is 0 Å². The Morgan fingerprint density at radius 3 is 3.06 bits per heavy atom. The lowest BCUT2D eigenvalue weighted by atomic mass is 10.0. The molecule has 98 valence electrons. The number of aromatic amines is 1. The number of carbonyl (C=O) groups excluding carboxylic acids is 1. The molecule has 0 unspecified atom stereocenters. The monoisotopic (exact) mass is 250 g/mol. The van der Waals surface area contributed by atoms with E-state index in [0.29, 0.717) is 5.92 Å². The van der Waals surface area contributed by atoms with Crippen LogP contribution in [-0.2, 0) is 16.0 Å². The lowest BCUT2D eigenvalue weighted by Gasteiger charge is -2.15. The predicted molar refractivity (Wildman–Crippen MR) is 67.3 cm³/mol. The van der Waals surface area contributed by atoms with Crippen molar-refractivity contribution in [1.82, 2.24) is 9.88 Å². The van der Waals surface area contributed by atoms with Gasteiger partial charge in [-0.25, -0.2) is 0 Å². The minimum Gasteiger partial charge on any atom is -0.375 e. The minimum absolute atomic E-state index is 0.0569. The molecule has 1 N–H and O–H groups in total. The standard InChI is InChI=1S/C13H18N2O3/c1-18-9-13(17)15-5-4-11(8-15)6-10-2-3-12(16)14-7-10/h2-3,7,11H,4-6,8-9H2,1H3,(H,14,16)/t11-/m1/s1. The Hall–Kier alpha value is -1.62. The molecule has 1 fully saturated rings. The molecule has 0 saturated carbocycles. The maximum absolute atomic E-state index is 11.6. The highest BCUT2D eigenvalue weighted by molar-refractivity contribution is 5.77. The summed E-state index contributed by atoms with van der Waals surface area (Å²) in [6.07, 6.45) is 3.66. The van der Waals surface area contributed by atoms with Crippen molar-refractivity contribution >= 4 is 5.91 Å². The summed E-state index contributed by atoms with van der Waals surface area (Å²) in [6.45, 7) is 1.74. The van der Waals surface area contributed by atoms with Crippen molar-refractivity contribution in [2.24, 2.45) is 5.92 Å². The molecule has 2 heterocycles. The number of hydrogen-bond acceptors (Lipinski definition) is 3. The lowest BCUT2D eigenvalue weighted by molar-refractivity contribution is -0.134. The van der Waals surface area contributed by atoms with Gasteiger partial charge < -0.3 is 14.6 Å². The van der Waals surface area contributed by atoms with E-state index in [1.165, 1.54) is 13.2 Å². The zero-order valence-corrected chi connectivity index (χ0v) is 10.5. The average molecular weight is 250 g/mol. The molecule has 0 aromatic carbocycles. The van der Waals surface area contributed by atoms with Gasteiger partial charge in [0.05, 0.1) is 0 Å². The number of rotatable bonds is 4. The molecule has 5 heteroatoms. The summed E-state index contributed by atoms with van der Waals surface area (Å²) >= 11 is 0. The first kappa shape index (κ1) is 12.8. The van der Waals surface area contributed by atoms with E-state index in [0.717, 1.165) is 31.5 Å². The van der Waals surface area contributed by atoms with Crippen LogP contribution >= 0.6 is 0 Å². The van der Waals surface area contributed by atoms with Gasteiger partial charge in [-0.2, -0.15) is 0 Å². The van der Waals surface area contributed by atoms with E-state index in [2.05, 4.69) is 4.98 Å². The average Bonchev–Trinajstić information content (AvgIpc) is 2.81. The van der Waals surface area contributed by atoms with Gasteiger partial charge >= 0.3 is 0 Å². The first-order chi connectivity index (χ1) is 8.69. The summed E-state index contributed by atoms with van der Waals surface area (Å²) in [4.78, 5) is 27.1. The maximum Gasteiger partial charge on any atom is 0.248 e. The molecule has 18 heavy (non-hydrogen) atoms. The largest absolute Gasteiger partial charge is 0.375 e. The zero-order valence-electron chi connectivity index (χ0n) is 10.5. The van der Waals surface area contributed by atoms with Crippen LogP contribution in [0.2, 0.25) is 0 Å². The van der Waals surface area contributed by atoms with Crippen molar-refractivity contribution in [2.75, 3.05) is 26.8 Å². The topological polar surface area (TPSA) is 62.4 Å². The molecule has 1 aliphatic heterocycles. The number of likely N-dealkylation sites (tertiary alicyclic amines) is 1. The Kier molecular flexibility index (Phi) is 4.15. The van der Waals surface area contributed by atoms with Crippen LogP contribution in [0, 0.1) is 5.92 Å². The van der Waals surface area contributed by atoms with Crippen LogP contribution in [0.3, 0.4) is 0 Å². The van der Waals surface area contributed by atoms with Crippen molar-refractivity contribution in [3.63, 3.8) is 0 Å². The fourth-order valence-electron chi connectivity index (χ4n) is 2.34. The fourth-order valence-corrected chi connectivity index (χ4v) is 2.34. The number of H-pyrrole nitrogens is 1. The van der Waals surface area contributed by atoms with Gasteiger partial charge in [0.15, 0.2) is 0 Å².